The van der Waals surface area contributed by atoms with Crippen LogP contribution >= 0.6 is 0 Å². The maximum Gasteiger partial charge on any atom is 0.340 e. The average Bonchev–Trinajstić information content (AvgIpc) is 2.81. The third-order valence-electron chi connectivity index (χ3n) is 4.92. The molecular formula is C25H26N2O6S. The zero-order valence-corrected chi connectivity index (χ0v) is 19.9. The topological polar surface area (TPSA) is 111 Å². The summed E-state index contributed by atoms with van der Waals surface area (Å²) < 4.78 is 38.5. The second-order valence-corrected chi connectivity index (χ2v) is 9.13. The van der Waals surface area contributed by atoms with Crippen molar-refractivity contribution in [3.8, 4) is 5.75 Å². The molecule has 0 aromatic heterocycles. The van der Waals surface area contributed by atoms with E-state index in [1.807, 2.05) is 39.0 Å². The number of para-hydroxylation sites is 2. The molecule has 0 fully saturated rings. The van der Waals surface area contributed by atoms with E-state index in [0.29, 0.717) is 18.0 Å². The minimum atomic E-state index is -3.98. The maximum atomic E-state index is 12.8. The number of ether oxygens (including phenoxy) is 2. The van der Waals surface area contributed by atoms with Gasteiger partial charge in [0.25, 0.3) is 15.9 Å². The monoisotopic (exact) mass is 482 g/mol. The van der Waals surface area contributed by atoms with E-state index in [2.05, 4.69) is 10.0 Å². The Morgan fingerprint density at radius 1 is 0.882 bits per heavy atom. The zero-order valence-electron chi connectivity index (χ0n) is 19.1. The third kappa shape index (κ3) is 6.14. The molecule has 0 heterocycles. The number of sulfonamides is 1. The van der Waals surface area contributed by atoms with E-state index in [4.69, 9.17) is 9.47 Å². The van der Waals surface area contributed by atoms with Crippen LogP contribution in [0.2, 0.25) is 0 Å². The SMILES string of the molecule is CCOc1ccc(S(=O)(=O)Nc2ccccc2C(=O)OCC(=O)Nc2c(C)cccc2C)cc1. The number of amides is 1. The van der Waals surface area contributed by atoms with E-state index in [1.54, 1.807) is 24.3 Å². The van der Waals surface area contributed by atoms with Gasteiger partial charge in [-0.3, -0.25) is 9.52 Å². The van der Waals surface area contributed by atoms with E-state index in [0.717, 1.165) is 11.1 Å². The maximum absolute atomic E-state index is 12.8. The number of nitrogens with one attached hydrogen (secondary N) is 2. The smallest absolute Gasteiger partial charge is 0.340 e. The lowest BCUT2D eigenvalue weighted by molar-refractivity contribution is -0.119. The Bertz CT molecular complexity index is 1270. The summed E-state index contributed by atoms with van der Waals surface area (Å²) in [5.74, 6) is -0.788. The molecule has 8 nitrogen and oxygen atoms in total. The molecule has 3 aromatic carbocycles. The number of esters is 1. The largest absolute Gasteiger partial charge is 0.494 e. The van der Waals surface area contributed by atoms with Crippen LogP contribution < -0.4 is 14.8 Å². The molecule has 34 heavy (non-hydrogen) atoms. The van der Waals surface area contributed by atoms with E-state index >= 15 is 0 Å². The number of hydrogen-bond donors (Lipinski definition) is 2. The first-order valence-corrected chi connectivity index (χ1v) is 12.1. The van der Waals surface area contributed by atoms with Gasteiger partial charge in [-0.2, -0.15) is 0 Å². The number of carbonyl (C=O) groups is 2. The zero-order chi connectivity index (χ0) is 24.7. The predicted molar refractivity (Wildman–Crippen MR) is 130 cm³/mol. The van der Waals surface area contributed by atoms with Gasteiger partial charge in [0.2, 0.25) is 0 Å². The first-order valence-electron chi connectivity index (χ1n) is 10.6. The highest BCUT2D eigenvalue weighted by molar-refractivity contribution is 7.92. The average molecular weight is 483 g/mol. The predicted octanol–water partition coefficient (Wildman–Crippen LogP) is 4.30. The summed E-state index contributed by atoms with van der Waals surface area (Å²) >= 11 is 0. The van der Waals surface area contributed by atoms with Crippen molar-refractivity contribution in [3.05, 3.63) is 83.4 Å². The molecule has 0 spiro atoms. The standard InChI is InChI=1S/C25H26N2O6S/c1-4-32-19-12-14-20(15-13-19)34(30,31)27-22-11-6-5-10-21(22)25(29)33-16-23(28)26-24-17(2)8-7-9-18(24)3/h5-15,27H,4,16H2,1-3H3,(H,26,28). The van der Waals surface area contributed by atoms with E-state index in [1.165, 1.54) is 24.3 Å². The number of aryl methyl sites for hydroxylation is 2. The molecule has 0 saturated heterocycles. The number of hydrogen-bond acceptors (Lipinski definition) is 6. The molecule has 178 valence electrons. The number of benzene rings is 3. The van der Waals surface area contributed by atoms with Crippen LogP contribution in [0, 0.1) is 13.8 Å². The van der Waals surface area contributed by atoms with Crippen LogP contribution in [0.15, 0.2) is 71.6 Å². The van der Waals surface area contributed by atoms with Gasteiger partial charge < -0.3 is 14.8 Å². The second-order valence-electron chi connectivity index (χ2n) is 7.45. The van der Waals surface area contributed by atoms with Gasteiger partial charge in [0.1, 0.15) is 5.75 Å². The third-order valence-corrected chi connectivity index (χ3v) is 6.30. The fraction of sp³-hybridized carbons (Fsp3) is 0.200. The Labute approximate surface area is 199 Å². The van der Waals surface area contributed by atoms with Crippen molar-refractivity contribution < 1.29 is 27.5 Å². The summed E-state index contributed by atoms with van der Waals surface area (Å²) in [6.45, 7) is 5.49. The number of anilines is 2. The van der Waals surface area contributed by atoms with Gasteiger partial charge in [-0.1, -0.05) is 30.3 Å². The van der Waals surface area contributed by atoms with Crippen molar-refractivity contribution in [1.82, 2.24) is 0 Å². The van der Waals surface area contributed by atoms with Crippen molar-refractivity contribution >= 4 is 33.3 Å². The van der Waals surface area contributed by atoms with Crippen LogP contribution in [0.5, 0.6) is 5.75 Å². The van der Waals surface area contributed by atoms with Crippen LogP contribution in [0.25, 0.3) is 0 Å². The molecule has 9 heteroatoms. The second kappa shape index (κ2) is 10.8. The minimum Gasteiger partial charge on any atom is -0.494 e. The Morgan fingerprint density at radius 3 is 2.18 bits per heavy atom. The molecule has 0 saturated carbocycles. The fourth-order valence-corrected chi connectivity index (χ4v) is 4.31. The normalized spacial score (nSPS) is 10.9. The molecule has 0 atom stereocenters. The Kier molecular flexibility index (Phi) is 7.91. The molecule has 1 amide bonds. The lowest BCUT2D eigenvalue weighted by atomic mass is 10.1. The van der Waals surface area contributed by atoms with Gasteiger partial charge in [0.05, 0.1) is 22.8 Å². The van der Waals surface area contributed by atoms with Crippen LogP contribution in [-0.4, -0.2) is 33.5 Å². The molecule has 0 unspecified atom stereocenters. The number of rotatable bonds is 9. The molecule has 0 aliphatic heterocycles. The highest BCUT2D eigenvalue weighted by Crippen LogP contribution is 2.23. The molecule has 3 aromatic rings. The van der Waals surface area contributed by atoms with Crippen molar-refractivity contribution in [2.75, 3.05) is 23.3 Å². The summed E-state index contributed by atoms with van der Waals surface area (Å²) in [6, 6.07) is 17.5. The minimum absolute atomic E-state index is 0.00658. The van der Waals surface area contributed by atoms with Crippen molar-refractivity contribution in [2.24, 2.45) is 0 Å². The summed E-state index contributed by atoms with van der Waals surface area (Å²) in [7, 11) is -3.98. The van der Waals surface area contributed by atoms with Crippen LogP contribution in [0.3, 0.4) is 0 Å². The van der Waals surface area contributed by atoms with E-state index < -0.39 is 28.5 Å². The van der Waals surface area contributed by atoms with Gasteiger partial charge in [-0.15, -0.1) is 0 Å². The lowest BCUT2D eigenvalue weighted by Crippen LogP contribution is -2.22. The van der Waals surface area contributed by atoms with Gasteiger partial charge in [0, 0.05) is 5.69 Å². The van der Waals surface area contributed by atoms with E-state index in [-0.39, 0.29) is 16.1 Å². The Hall–Kier alpha value is -3.85. The van der Waals surface area contributed by atoms with Crippen molar-refractivity contribution in [2.45, 2.75) is 25.7 Å². The van der Waals surface area contributed by atoms with Crippen molar-refractivity contribution in [1.29, 1.82) is 0 Å². The molecule has 0 radical (unpaired) electrons. The molecule has 0 aliphatic carbocycles. The molecule has 0 aliphatic rings. The highest BCUT2D eigenvalue weighted by atomic mass is 32.2. The molecule has 2 N–H and O–H groups in total. The van der Waals surface area contributed by atoms with Gasteiger partial charge in [0.15, 0.2) is 6.61 Å². The van der Waals surface area contributed by atoms with Crippen LogP contribution in [0.1, 0.15) is 28.4 Å². The molecular weight excluding hydrogens is 456 g/mol. The quantitative estimate of drug-likeness (QED) is 0.440. The summed E-state index contributed by atoms with van der Waals surface area (Å²) in [4.78, 5) is 25.0. The first kappa shape index (κ1) is 24.8. The first-order chi connectivity index (χ1) is 16.2. The number of carbonyl (C=O) groups excluding carboxylic acids is 2. The molecule has 3 rings (SSSR count). The summed E-state index contributed by atoms with van der Waals surface area (Å²) in [5, 5.41) is 2.74. The van der Waals surface area contributed by atoms with E-state index in [9.17, 15) is 18.0 Å². The fourth-order valence-electron chi connectivity index (χ4n) is 3.23. The molecule has 0 bridgehead atoms. The van der Waals surface area contributed by atoms with Gasteiger partial charge in [-0.05, 0) is 68.3 Å². The van der Waals surface area contributed by atoms with Crippen LogP contribution in [-0.2, 0) is 19.6 Å². The van der Waals surface area contributed by atoms with Gasteiger partial charge in [-0.25, -0.2) is 13.2 Å². The Morgan fingerprint density at radius 2 is 1.53 bits per heavy atom. The summed E-state index contributed by atoms with van der Waals surface area (Å²) in [5.41, 5.74) is 2.45. The Balaban J connectivity index is 1.69. The van der Waals surface area contributed by atoms with Gasteiger partial charge >= 0.3 is 5.97 Å². The van der Waals surface area contributed by atoms with Crippen LogP contribution in [0.4, 0.5) is 11.4 Å². The highest BCUT2D eigenvalue weighted by Gasteiger charge is 2.20. The lowest BCUT2D eigenvalue weighted by Gasteiger charge is -2.14. The summed E-state index contributed by atoms with van der Waals surface area (Å²) in [6.07, 6.45) is 0. The van der Waals surface area contributed by atoms with Crippen molar-refractivity contribution in [3.63, 3.8) is 0 Å².